The number of nitrogens with one attached hydrogen (secondary N) is 1. The molecule has 104 valence electrons. The van der Waals surface area contributed by atoms with Crippen molar-refractivity contribution in [2.75, 3.05) is 11.5 Å². The van der Waals surface area contributed by atoms with Crippen molar-refractivity contribution < 1.29 is 0 Å². The summed E-state index contributed by atoms with van der Waals surface area (Å²) >= 11 is 0. The van der Waals surface area contributed by atoms with Gasteiger partial charge in [0.1, 0.15) is 19.0 Å². The normalized spacial score (nSPS) is 11.4. The lowest BCUT2D eigenvalue weighted by atomic mass is 10.5. The maximum absolute atomic E-state index is 12.1. The Morgan fingerprint density at radius 1 is 1.05 bits per heavy atom. The molecule has 4 heterocycles. The fraction of sp³-hybridized carbons (Fsp3) is 0. The summed E-state index contributed by atoms with van der Waals surface area (Å²) < 4.78 is 2.98. The van der Waals surface area contributed by atoms with Gasteiger partial charge in [-0.05, 0) is 0 Å². The SMILES string of the molecule is Nc1nc2ncn(-n3cnc4c(N)ncnc43)c2c(=O)[nH]1. The smallest absolute Gasteiger partial charge is 0.280 e. The first-order chi connectivity index (χ1) is 10.1. The molecule has 4 aromatic rings. The fourth-order valence-electron chi connectivity index (χ4n) is 2.10. The third kappa shape index (κ3) is 1.47. The summed E-state index contributed by atoms with van der Waals surface area (Å²) in [6, 6.07) is 0. The molecule has 0 unspecified atom stereocenters. The fourth-order valence-corrected chi connectivity index (χ4v) is 2.10. The second kappa shape index (κ2) is 3.75. The van der Waals surface area contributed by atoms with Crippen LogP contribution in [0.5, 0.6) is 0 Å². The van der Waals surface area contributed by atoms with Crippen LogP contribution < -0.4 is 17.0 Å². The number of anilines is 2. The van der Waals surface area contributed by atoms with Gasteiger partial charge in [-0.2, -0.15) is 4.98 Å². The van der Waals surface area contributed by atoms with Gasteiger partial charge < -0.3 is 11.5 Å². The number of hydrogen-bond acceptors (Lipinski definition) is 8. The number of fused-ring (bicyclic) bond motifs is 2. The second-order valence-electron chi connectivity index (χ2n) is 4.23. The number of H-pyrrole nitrogens is 1. The monoisotopic (exact) mass is 284 g/mol. The minimum Gasteiger partial charge on any atom is -0.382 e. The Labute approximate surface area is 115 Å². The van der Waals surface area contributed by atoms with E-state index in [1.807, 2.05) is 0 Å². The molecule has 4 aromatic heterocycles. The number of nitrogens with two attached hydrogens (primary N) is 2. The van der Waals surface area contributed by atoms with Gasteiger partial charge in [0.2, 0.25) is 5.95 Å². The maximum atomic E-state index is 12.1. The summed E-state index contributed by atoms with van der Waals surface area (Å²) in [5.41, 5.74) is 12.1. The average Bonchev–Trinajstić information content (AvgIpc) is 3.02. The Morgan fingerprint density at radius 3 is 2.71 bits per heavy atom. The number of aromatic nitrogens is 8. The van der Waals surface area contributed by atoms with Gasteiger partial charge in [0.25, 0.3) is 5.56 Å². The van der Waals surface area contributed by atoms with Crippen molar-refractivity contribution in [3.63, 3.8) is 0 Å². The van der Waals surface area contributed by atoms with Crippen LogP contribution >= 0.6 is 0 Å². The van der Waals surface area contributed by atoms with Crippen molar-refractivity contribution in [1.82, 2.24) is 39.3 Å². The lowest BCUT2D eigenvalue weighted by Crippen LogP contribution is -2.17. The molecule has 0 aromatic carbocycles. The zero-order chi connectivity index (χ0) is 14.6. The summed E-state index contributed by atoms with van der Waals surface area (Å²) in [6.07, 6.45) is 4.20. The van der Waals surface area contributed by atoms with E-state index in [2.05, 4.69) is 29.9 Å². The van der Waals surface area contributed by atoms with Gasteiger partial charge in [-0.25, -0.2) is 29.3 Å². The Bertz CT molecular complexity index is 1040. The van der Waals surface area contributed by atoms with Crippen LogP contribution in [0.3, 0.4) is 0 Å². The van der Waals surface area contributed by atoms with E-state index in [-0.39, 0.29) is 22.9 Å². The molecule has 0 saturated heterocycles. The van der Waals surface area contributed by atoms with Crippen LogP contribution in [0.4, 0.5) is 11.8 Å². The largest absolute Gasteiger partial charge is 0.382 e. The number of nitrogen functional groups attached to an aromatic ring is 2. The average molecular weight is 284 g/mol. The zero-order valence-corrected chi connectivity index (χ0v) is 10.4. The first-order valence-corrected chi connectivity index (χ1v) is 5.82. The van der Waals surface area contributed by atoms with E-state index in [4.69, 9.17) is 11.5 Å². The minimum atomic E-state index is -0.418. The quantitative estimate of drug-likeness (QED) is 0.390. The van der Waals surface area contributed by atoms with E-state index in [0.29, 0.717) is 11.2 Å². The molecule has 0 fully saturated rings. The highest BCUT2D eigenvalue weighted by Crippen LogP contribution is 2.16. The predicted octanol–water partition coefficient (Wildman–Crippen LogP) is -1.26. The topological polar surface area (TPSA) is 159 Å². The van der Waals surface area contributed by atoms with Gasteiger partial charge in [-0.15, -0.1) is 0 Å². The molecule has 0 radical (unpaired) electrons. The highest BCUT2D eigenvalue weighted by atomic mass is 16.1. The van der Waals surface area contributed by atoms with Crippen LogP contribution in [-0.2, 0) is 0 Å². The number of rotatable bonds is 1. The van der Waals surface area contributed by atoms with Gasteiger partial charge in [-0.1, -0.05) is 0 Å². The third-order valence-electron chi connectivity index (χ3n) is 2.99. The van der Waals surface area contributed by atoms with Crippen LogP contribution in [0.25, 0.3) is 22.3 Å². The number of nitrogens with zero attached hydrogens (tertiary/aromatic N) is 7. The Morgan fingerprint density at radius 2 is 1.86 bits per heavy atom. The minimum absolute atomic E-state index is 0.000177. The lowest BCUT2D eigenvalue weighted by Gasteiger charge is -2.04. The standard InChI is InChI=1S/C10H8N10O/c11-6-4-8(14-1-13-6)20(2-15-4)19-3-16-7-5(19)9(21)18-10(12)17-7/h1-3H,(H2,11,13,14)(H3,12,17,18,21). The number of imidazole rings is 2. The molecule has 11 nitrogen and oxygen atoms in total. The Kier molecular flexibility index (Phi) is 2.03. The van der Waals surface area contributed by atoms with Gasteiger partial charge in [0.15, 0.2) is 28.1 Å². The van der Waals surface area contributed by atoms with Gasteiger partial charge in [0.05, 0.1) is 0 Å². The highest BCUT2D eigenvalue weighted by molar-refractivity contribution is 5.81. The zero-order valence-electron chi connectivity index (χ0n) is 10.4. The summed E-state index contributed by atoms with van der Waals surface area (Å²) in [7, 11) is 0. The van der Waals surface area contributed by atoms with E-state index < -0.39 is 5.56 Å². The predicted molar refractivity (Wildman–Crippen MR) is 73.1 cm³/mol. The first-order valence-electron chi connectivity index (χ1n) is 5.82. The molecule has 0 atom stereocenters. The first kappa shape index (κ1) is 11.3. The molecule has 0 spiro atoms. The van der Waals surface area contributed by atoms with Crippen LogP contribution in [0.2, 0.25) is 0 Å². The van der Waals surface area contributed by atoms with Crippen molar-refractivity contribution >= 4 is 34.1 Å². The summed E-state index contributed by atoms with van der Waals surface area (Å²) in [5, 5.41) is 0. The molecule has 4 rings (SSSR count). The molecule has 21 heavy (non-hydrogen) atoms. The molecular formula is C10H8N10O. The molecular weight excluding hydrogens is 276 g/mol. The Balaban J connectivity index is 2.10. The summed E-state index contributed by atoms with van der Waals surface area (Å²) in [4.78, 5) is 34.6. The van der Waals surface area contributed by atoms with Crippen molar-refractivity contribution in [2.24, 2.45) is 0 Å². The van der Waals surface area contributed by atoms with Crippen LogP contribution in [0, 0.1) is 0 Å². The molecule has 5 N–H and O–H groups in total. The molecule has 0 aliphatic heterocycles. The van der Waals surface area contributed by atoms with Crippen LogP contribution in [0.1, 0.15) is 0 Å². The molecule has 0 amide bonds. The number of aromatic amines is 1. The third-order valence-corrected chi connectivity index (χ3v) is 2.99. The summed E-state index contributed by atoms with van der Waals surface area (Å²) in [5.74, 6) is 0.249. The molecule has 11 heteroatoms. The van der Waals surface area contributed by atoms with Gasteiger partial charge in [0, 0.05) is 0 Å². The molecule has 0 saturated carbocycles. The molecule has 0 aliphatic carbocycles. The Hall–Kier alpha value is -3.50. The van der Waals surface area contributed by atoms with E-state index in [1.165, 1.54) is 28.3 Å². The van der Waals surface area contributed by atoms with Crippen molar-refractivity contribution in [3.05, 3.63) is 29.3 Å². The molecule has 0 aliphatic rings. The maximum Gasteiger partial charge on any atom is 0.280 e. The highest BCUT2D eigenvalue weighted by Gasteiger charge is 2.14. The number of hydrogen-bond donors (Lipinski definition) is 3. The second-order valence-corrected chi connectivity index (χ2v) is 4.23. The van der Waals surface area contributed by atoms with Gasteiger partial charge >= 0.3 is 0 Å². The van der Waals surface area contributed by atoms with Crippen molar-refractivity contribution in [2.45, 2.75) is 0 Å². The van der Waals surface area contributed by atoms with Crippen molar-refractivity contribution in [1.29, 1.82) is 0 Å². The van der Waals surface area contributed by atoms with E-state index in [1.54, 1.807) is 0 Å². The van der Waals surface area contributed by atoms with Crippen LogP contribution in [-0.4, -0.2) is 39.3 Å². The van der Waals surface area contributed by atoms with E-state index >= 15 is 0 Å². The van der Waals surface area contributed by atoms with Crippen molar-refractivity contribution in [3.8, 4) is 0 Å². The van der Waals surface area contributed by atoms with E-state index in [0.717, 1.165) is 0 Å². The summed E-state index contributed by atoms with van der Waals surface area (Å²) in [6.45, 7) is 0. The van der Waals surface area contributed by atoms with Crippen LogP contribution in [0.15, 0.2) is 23.8 Å². The lowest BCUT2D eigenvalue weighted by molar-refractivity contribution is 0.691. The van der Waals surface area contributed by atoms with E-state index in [9.17, 15) is 4.79 Å². The van der Waals surface area contributed by atoms with Gasteiger partial charge in [-0.3, -0.25) is 9.78 Å². The molecule has 0 bridgehead atoms.